The quantitative estimate of drug-likeness (QED) is 0.819. The van der Waals surface area contributed by atoms with Gasteiger partial charge < -0.3 is 15.5 Å². The molecule has 1 aliphatic rings. The molecule has 2 rings (SSSR count). The fourth-order valence-corrected chi connectivity index (χ4v) is 2.25. The number of hydrogen-bond donors (Lipinski definition) is 2. The maximum absolute atomic E-state index is 12.2. The Balaban J connectivity index is 1.94. The standard InChI is InChI=1S/C15H21N3OS/c1-3-18(4-2)14(19)11-5-7-12(8-6-11)16-15(20)17-13-9-10-13/h5-8,13H,3-4,9-10H2,1-2H3,(H2,16,17,20). The van der Waals surface area contributed by atoms with Crippen LogP contribution in [0.25, 0.3) is 0 Å². The summed E-state index contributed by atoms with van der Waals surface area (Å²) in [5, 5.41) is 7.00. The van der Waals surface area contributed by atoms with Crippen molar-refractivity contribution in [1.29, 1.82) is 0 Å². The van der Waals surface area contributed by atoms with E-state index < -0.39 is 0 Å². The highest BCUT2D eigenvalue weighted by atomic mass is 32.1. The third-order valence-corrected chi connectivity index (χ3v) is 3.57. The van der Waals surface area contributed by atoms with Crippen LogP contribution in [0.15, 0.2) is 24.3 Å². The van der Waals surface area contributed by atoms with Gasteiger partial charge in [-0.15, -0.1) is 0 Å². The van der Waals surface area contributed by atoms with Crippen molar-refractivity contribution in [3.63, 3.8) is 0 Å². The van der Waals surface area contributed by atoms with Gasteiger partial charge in [-0.2, -0.15) is 0 Å². The molecular weight excluding hydrogens is 270 g/mol. The SMILES string of the molecule is CCN(CC)C(=O)c1ccc(NC(=S)NC2CC2)cc1. The molecule has 1 saturated carbocycles. The molecule has 0 atom stereocenters. The summed E-state index contributed by atoms with van der Waals surface area (Å²) in [4.78, 5) is 14.0. The number of thiocarbonyl (C=S) groups is 1. The molecule has 108 valence electrons. The largest absolute Gasteiger partial charge is 0.360 e. The molecule has 1 amide bonds. The molecule has 0 unspecified atom stereocenters. The van der Waals surface area contributed by atoms with Crippen LogP contribution in [0.5, 0.6) is 0 Å². The van der Waals surface area contributed by atoms with Crippen LogP contribution in [-0.2, 0) is 0 Å². The normalized spacial score (nSPS) is 13.7. The van der Waals surface area contributed by atoms with E-state index in [1.165, 1.54) is 12.8 Å². The van der Waals surface area contributed by atoms with Gasteiger partial charge in [-0.05, 0) is 63.2 Å². The number of rotatable bonds is 5. The van der Waals surface area contributed by atoms with Crippen molar-refractivity contribution in [3.05, 3.63) is 29.8 Å². The summed E-state index contributed by atoms with van der Waals surface area (Å²) in [5.74, 6) is 0.0697. The molecule has 0 aliphatic heterocycles. The third kappa shape index (κ3) is 3.93. The number of nitrogens with one attached hydrogen (secondary N) is 2. The molecule has 2 N–H and O–H groups in total. The predicted octanol–water partition coefficient (Wildman–Crippen LogP) is 2.62. The zero-order chi connectivity index (χ0) is 14.5. The molecule has 1 aromatic rings. The minimum Gasteiger partial charge on any atom is -0.360 e. The Kier molecular flexibility index (Phi) is 4.95. The monoisotopic (exact) mass is 291 g/mol. The number of carbonyl (C=O) groups is 1. The lowest BCUT2D eigenvalue weighted by molar-refractivity contribution is 0.0773. The highest BCUT2D eigenvalue weighted by Gasteiger charge is 2.21. The molecule has 0 bridgehead atoms. The zero-order valence-electron chi connectivity index (χ0n) is 12.0. The average molecular weight is 291 g/mol. The first-order valence-corrected chi connectivity index (χ1v) is 7.51. The van der Waals surface area contributed by atoms with E-state index in [0.717, 1.165) is 18.8 Å². The smallest absolute Gasteiger partial charge is 0.253 e. The Morgan fingerprint density at radius 1 is 1.25 bits per heavy atom. The van der Waals surface area contributed by atoms with Gasteiger partial charge in [0.1, 0.15) is 0 Å². The Hall–Kier alpha value is -1.62. The van der Waals surface area contributed by atoms with Crippen molar-refractivity contribution in [2.24, 2.45) is 0 Å². The molecule has 0 aromatic heterocycles. The second-order valence-electron chi connectivity index (χ2n) is 4.93. The summed E-state index contributed by atoms with van der Waals surface area (Å²) in [7, 11) is 0. The van der Waals surface area contributed by atoms with Crippen molar-refractivity contribution >= 4 is 28.9 Å². The van der Waals surface area contributed by atoms with Gasteiger partial charge in [0.15, 0.2) is 5.11 Å². The molecule has 1 aromatic carbocycles. The van der Waals surface area contributed by atoms with E-state index in [4.69, 9.17) is 12.2 Å². The number of anilines is 1. The number of carbonyl (C=O) groups excluding carboxylic acids is 1. The van der Waals surface area contributed by atoms with Gasteiger partial charge in [0, 0.05) is 30.4 Å². The highest BCUT2D eigenvalue weighted by Crippen LogP contribution is 2.19. The summed E-state index contributed by atoms with van der Waals surface area (Å²) in [6, 6.07) is 7.99. The fourth-order valence-electron chi connectivity index (χ4n) is 1.97. The summed E-state index contributed by atoms with van der Waals surface area (Å²) in [5.41, 5.74) is 1.61. The van der Waals surface area contributed by atoms with Crippen LogP contribution in [0, 0.1) is 0 Å². The summed E-state index contributed by atoms with van der Waals surface area (Å²) in [6.45, 7) is 5.42. The van der Waals surface area contributed by atoms with Crippen LogP contribution >= 0.6 is 12.2 Å². The minimum absolute atomic E-state index is 0.0697. The molecule has 20 heavy (non-hydrogen) atoms. The first-order valence-electron chi connectivity index (χ1n) is 7.11. The van der Waals surface area contributed by atoms with Gasteiger partial charge in [-0.1, -0.05) is 0 Å². The Morgan fingerprint density at radius 3 is 2.35 bits per heavy atom. The van der Waals surface area contributed by atoms with Gasteiger partial charge in [0.2, 0.25) is 0 Å². The summed E-state index contributed by atoms with van der Waals surface area (Å²) < 4.78 is 0. The van der Waals surface area contributed by atoms with Crippen molar-refractivity contribution < 1.29 is 4.79 Å². The lowest BCUT2D eigenvalue weighted by Crippen LogP contribution is -2.31. The average Bonchev–Trinajstić information content (AvgIpc) is 3.24. The number of nitrogens with zero attached hydrogens (tertiary/aromatic N) is 1. The van der Waals surface area contributed by atoms with Crippen LogP contribution in [-0.4, -0.2) is 35.1 Å². The van der Waals surface area contributed by atoms with Crippen molar-refractivity contribution in [2.45, 2.75) is 32.7 Å². The minimum atomic E-state index is 0.0697. The molecule has 0 saturated heterocycles. The highest BCUT2D eigenvalue weighted by molar-refractivity contribution is 7.80. The first-order chi connectivity index (χ1) is 9.63. The van der Waals surface area contributed by atoms with Gasteiger partial charge in [-0.3, -0.25) is 4.79 Å². The molecule has 0 radical (unpaired) electrons. The molecule has 0 spiro atoms. The van der Waals surface area contributed by atoms with E-state index in [1.54, 1.807) is 0 Å². The van der Waals surface area contributed by atoms with Gasteiger partial charge in [0.25, 0.3) is 5.91 Å². The van der Waals surface area contributed by atoms with E-state index >= 15 is 0 Å². The topological polar surface area (TPSA) is 44.4 Å². The summed E-state index contributed by atoms with van der Waals surface area (Å²) >= 11 is 5.22. The fraction of sp³-hybridized carbons (Fsp3) is 0.467. The van der Waals surface area contributed by atoms with E-state index in [1.807, 2.05) is 43.0 Å². The molecule has 5 heteroatoms. The van der Waals surface area contributed by atoms with Crippen molar-refractivity contribution in [2.75, 3.05) is 18.4 Å². The second-order valence-corrected chi connectivity index (χ2v) is 5.34. The Morgan fingerprint density at radius 2 is 1.85 bits per heavy atom. The predicted molar refractivity (Wildman–Crippen MR) is 86.1 cm³/mol. The molecule has 0 heterocycles. The van der Waals surface area contributed by atoms with Crippen LogP contribution in [0.4, 0.5) is 5.69 Å². The summed E-state index contributed by atoms with van der Waals surface area (Å²) in [6.07, 6.45) is 2.39. The zero-order valence-corrected chi connectivity index (χ0v) is 12.8. The Bertz CT molecular complexity index is 478. The molecular formula is C15H21N3OS. The first kappa shape index (κ1) is 14.8. The van der Waals surface area contributed by atoms with Crippen LogP contribution in [0.2, 0.25) is 0 Å². The van der Waals surface area contributed by atoms with E-state index in [9.17, 15) is 4.79 Å². The second kappa shape index (κ2) is 6.70. The van der Waals surface area contributed by atoms with E-state index in [0.29, 0.717) is 16.7 Å². The van der Waals surface area contributed by atoms with Crippen LogP contribution in [0.3, 0.4) is 0 Å². The van der Waals surface area contributed by atoms with Gasteiger partial charge in [-0.25, -0.2) is 0 Å². The number of hydrogen-bond acceptors (Lipinski definition) is 2. The molecule has 1 aliphatic carbocycles. The lowest BCUT2D eigenvalue weighted by Gasteiger charge is -2.18. The Labute approximate surface area is 125 Å². The van der Waals surface area contributed by atoms with E-state index in [-0.39, 0.29) is 5.91 Å². The molecule has 1 fully saturated rings. The molecule has 4 nitrogen and oxygen atoms in total. The maximum atomic E-state index is 12.2. The van der Waals surface area contributed by atoms with Crippen molar-refractivity contribution in [3.8, 4) is 0 Å². The maximum Gasteiger partial charge on any atom is 0.253 e. The van der Waals surface area contributed by atoms with Gasteiger partial charge >= 0.3 is 0 Å². The van der Waals surface area contributed by atoms with Crippen molar-refractivity contribution in [1.82, 2.24) is 10.2 Å². The third-order valence-electron chi connectivity index (χ3n) is 3.35. The van der Waals surface area contributed by atoms with Gasteiger partial charge in [0.05, 0.1) is 0 Å². The number of benzene rings is 1. The number of amides is 1. The van der Waals surface area contributed by atoms with Crippen LogP contribution < -0.4 is 10.6 Å². The van der Waals surface area contributed by atoms with E-state index in [2.05, 4.69) is 10.6 Å². The van der Waals surface area contributed by atoms with Crippen LogP contribution in [0.1, 0.15) is 37.0 Å². The lowest BCUT2D eigenvalue weighted by atomic mass is 10.2.